The van der Waals surface area contributed by atoms with Crippen molar-refractivity contribution < 1.29 is 4.84 Å². The lowest BCUT2D eigenvalue weighted by Crippen LogP contribution is -2.26. The first-order chi connectivity index (χ1) is 10.8. The molecule has 116 valence electrons. The average molecular weight is 315 g/mol. The molecule has 0 amide bonds. The normalized spacial score (nSPS) is 17.4. The number of benzene rings is 1. The minimum Gasteiger partial charge on any atom is -0.391 e. The molecule has 2 heterocycles. The fraction of sp³-hybridized carbons (Fsp3) is 0.412. The van der Waals surface area contributed by atoms with Crippen LogP contribution in [0.25, 0.3) is 10.6 Å². The molecule has 3 rings (SSSR count). The molecule has 0 aliphatic carbocycles. The molecule has 0 saturated heterocycles. The maximum atomic E-state index is 5.40. The van der Waals surface area contributed by atoms with Gasteiger partial charge in [-0.25, -0.2) is 4.98 Å². The van der Waals surface area contributed by atoms with Crippen LogP contribution in [0.5, 0.6) is 0 Å². The van der Waals surface area contributed by atoms with Crippen molar-refractivity contribution in [2.24, 2.45) is 5.16 Å². The van der Waals surface area contributed by atoms with E-state index in [1.54, 1.807) is 11.3 Å². The average Bonchev–Trinajstić information content (AvgIpc) is 3.17. The van der Waals surface area contributed by atoms with E-state index in [1.165, 1.54) is 16.0 Å². The quantitative estimate of drug-likeness (QED) is 0.883. The molecule has 1 aromatic heterocycles. The van der Waals surface area contributed by atoms with Gasteiger partial charge in [0.05, 0.1) is 5.71 Å². The standard InChI is InChI=1S/C17H21N3OS/c1-3-13-8-14(21-20-13)9-18-10-15-11-19-17(22-15)16-7-5-4-6-12(16)2/h4-7,11,14,18H,3,8-10H2,1-2H3/t14-/m0/s1. The molecule has 0 fully saturated rings. The van der Waals surface area contributed by atoms with E-state index in [9.17, 15) is 0 Å². The van der Waals surface area contributed by atoms with Crippen molar-refractivity contribution in [1.29, 1.82) is 0 Å². The minimum absolute atomic E-state index is 0.179. The van der Waals surface area contributed by atoms with Gasteiger partial charge in [-0.15, -0.1) is 11.3 Å². The Bertz CT molecular complexity index is 665. The van der Waals surface area contributed by atoms with Gasteiger partial charge in [0, 0.05) is 36.1 Å². The summed E-state index contributed by atoms with van der Waals surface area (Å²) in [5, 5.41) is 8.61. The summed E-state index contributed by atoms with van der Waals surface area (Å²) < 4.78 is 0. The first-order valence-corrected chi connectivity index (χ1v) is 8.51. The first-order valence-electron chi connectivity index (χ1n) is 7.69. The third-order valence-corrected chi connectivity index (χ3v) is 4.83. The van der Waals surface area contributed by atoms with Crippen molar-refractivity contribution in [3.63, 3.8) is 0 Å². The molecule has 22 heavy (non-hydrogen) atoms. The zero-order valence-corrected chi connectivity index (χ0v) is 13.8. The van der Waals surface area contributed by atoms with Crippen LogP contribution in [-0.2, 0) is 11.4 Å². The molecule has 0 bridgehead atoms. The van der Waals surface area contributed by atoms with E-state index in [0.717, 1.165) is 36.7 Å². The summed E-state index contributed by atoms with van der Waals surface area (Å²) in [6.07, 6.45) is 4.06. The van der Waals surface area contributed by atoms with E-state index in [1.807, 2.05) is 6.20 Å². The Balaban J connectivity index is 1.52. The molecular weight excluding hydrogens is 294 g/mol. The second kappa shape index (κ2) is 7.03. The van der Waals surface area contributed by atoms with Gasteiger partial charge in [0.1, 0.15) is 11.1 Å². The molecule has 0 spiro atoms. The van der Waals surface area contributed by atoms with Crippen molar-refractivity contribution in [3.8, 4) is 10.6 Å². The summed E-state index contributed by atoms with van der Waals surface area (Å²) >= 11 is 1.74. The second-order valence-corrected chi connectivity index (χ2v) is 6.64. The highest BCUT2D eigenvalue weighted by Gasteiger charge is 2.19. The van der Waals surface area contributed by atoms with Crippen molar-refractivity contribution >= 4 is 17.0 Å². The van der Waals surface area contributed by atoms with Crippen LogP contribution in [0.15, 0.2) is 35.6 Å². The highest BCUT2D eigenvalue weighted by Crippen LogP contribution is 2.27. The lowest BCUT2D eigenvalue weighted by atomic mass is 10.1. The zero-order valence-electron chi connectivity index (χ0n) is 13.0. The van der Waals surface area contributed by atoms with Gasteiger partial charge in [0.15, 0.2) is 0 Å². The SMILES string of the molecule is CCC1=NO[C@H](CNCc2cnc(-c3ccccc3C)s2)C1. The van der Waals surface area contributed by atoms with Crippen LogP contribution < -0.4 is 5.32 Å². The maximum Gasteiger partial charge on any atom is 0.145 e. The van der Waals surface area contributed by atoms with Gasteiger partial charge in [-0.1, -0.05) is 36.3 Å². The lowest BCUT2D eigenvalue weighted by Gasteiger charge is -2.08. The van der Waals surface area contributed by atoms with Gasteiger partial charge in [0.2, 0.25) is 0 Å². The van der Waals surface area contributed by atoms with Crippen LogP contribution in [0.4, 0.5) is 0 Å². The van der Waals surface area contributed by atoms with Crippen molar-refractivity contribution in [2.75, 3.05) is 6.54 Å². The summed E-state index contributed by atoms with van der Waals surface area (Å²) in [6.45, 7) is 5.88. The molecule has 0 saturated carbocycles. The number of nitrogens with zero attached hydrogens (tertiary/aromatic N) is 2. The number of rotatable bonds is 6. The van der Waals surface area contributed by atoms with Crippen molar-refractivity contribution in [3.05, 3.63) is 40.9 Å². The van der Waals surface area contributed by atoms with E-state index < -0.39 is 0 Å². The van der Waals surface area contributed by atoms with Gasteiger partial charge in [-0.2, -0.15) is 0 Å². The Hall–Kier alpha value is -1.72. The fourth-order valence-electron chi connectivity index (χ4n) is 2.49. The van der Waals surface area contributed by atoms with Gasteiger partial charge in [-0.05, 0) is 18.9 Å². The smallest absolute Gasteiger partial charge is 0.145 e. The summed E-state index contributed by atoms with van der Waals surface area (Å²) in [4.78, 5) is 11.2. The molecule has 1 atom stereocenters. The van der Waals surface area contributed by atoms with E-state index in [2.05, 4.69) is 53.6 Å². The number of oxime groups is 1. The predicted molar refractivity (Wildman–Crippen MR) is 91.2 cm³/mol. The van der Waals surface area contributed by atoms with E-state index in [-0.39, 0.29) is 6.10 Å². The van der Waals surface area contributed by atoms with Crippen molar-refractivity contribution in [1.82, 2.24) is 10.3 Å². The summed E-state index contributed by atoms with van der Waals surface area (Å²) in [6, 6.07) is 8.37. The fourth-order valence-corrected chi connectivity index (χ4v) is 3.46. The Kier molecular flexibility index (Phi) is 4.85. The Morgan fingerprint density at radius 3 is 3.00 bits per heavy atom. The van der Waals surface area contributed by atoms with Crippen LogP contribution in [0.3, 0.4) is 0 Å². The van der Waals surface area contributed by atoms with E-state index in [0.29, 0.717) is 0 Å². The number of hydrogen-bond donors (Lipinski definition) is 1. The highest BCUT2D eigenvalue weighted by molar-refractivity contribution is 7.15. The van der Waals surface area contributed by atoms with Crippen LogP contribution in [0.2, 0.25) is 0 Å². The van der Waals surface area contributed by atoms with Gasteiger partial charge < -0.3 is 10.2 Å². The molecule has 1 aliphatic rings. The largest absolute Gasteiger partial charge is 0.391 e. The molecule has 1 aliphatic heterocycles. The highest BCUT2D eigenvalue weighted by atomic mass is 32.1. The molecule has 4 nitrogen and oxygen atoms in total. The predicted octanol–water partition coefficient (Wildman–Crippen LogP) is 3.76. The molecule has 2 aromatic rings. The van der Waals surface area contributed by atoms with E-state index >= 15 is 0 Å². The van der Waals surface area contributed by atoms with Crippen molar-refractivity contribution in [2.45, 2.75) is 39.3 Å². The number of nitrogens with one attached hydrogen (secondary N) is 1. The number of hydrogen-bond acceptors (Lipinski definition) is 5. The number of aromatic nitrogens is 1. The van der Waals surface area contributed by atoms with Gasteiger partial charge >= 0.3 is 0 Å². The van der Waals surface area contributed by atoms with Crippen LogP contribution in [-0.4, -0.2) is 23.3 Å². The summed E-state index contributed by atoms with van der Waals surface area (Å²) in [5.41, 5.74) is 3.64. The molecule has 1 N–H and O–H groups in total. The second-order valence-electron chi connectivity index (χ2n) is 5.52. The van der Waals surface area contributed by atoms with Crippen LogP contribution in [0.1, 0.15) is 30.2 Å². The topological polar surface area (TPSA) is 46.5 Å². The van der Waals surface area contributed by atoms with Gasteiger partial charge in [0.25, 0.3) is 0 Å². The molecule has 1 aromatic carbocycles. The molecule has 0 radical (unpaired) electrons. The molecular formula is C17H21N3OS. The monoisotopic (exact) mass is 315 g/mol. The third kappa shape index (κ3) is 3.54. The number of thiazole rings is 1. The molecule has 5 heteroatoms. The zero-order chi connectivity index (χ0) is 15.4. The van der Waals surface area contributed by atoms with Crippen LogP contribution in [0, 0.1) is 6.92 Å². The van der Waals surface area contributed by atoms with Gasteiger partial charge in [-0.3, -0.25) is 0 Å². The van der Waals surface area contributed by atoms with Crippen LogP contribution >= 0.6 is 11.3 Å². The maximum absolute atomic E-state index is 5.40. The van der Waals surface area contributed by atoms with E-state index in [4.69, 9.17) is 4.84 Å². The first kappa shape index (κ1) is 15.2. The summed E-state index contributed by atoms with van der Waals surface area (Å²) in [5.74, 6) is 0. The third-order valence-electron chi connectivity index (χ3n) is 3.80. The number of aryl methyl sites for hydroxylation is 1. The Morgan fingerprint density at radius 1 is 1.36 bits per heavy atom. The lowest BCUT2D eigenvalue weighted by molar-refractivity contribution is 0.0849. The Labute approximate surface area is 135 Å². The molecule has 0 unspecified atom stereocenters. The Morgan fingerprint density at radius 2 is 2.23 bits per heavy atom. The summed E-state index contributed by atoms with van der Waals surface area (Å²) in [7, 11) is 0. The minimum atomic E-state index is 0.179.